The van der Waals surface area contributed by atoms with Crippen LogP contribution in [0.4, 0.5) is 0 Å². The number of hydrogen-bond donors (Lipinski definition) is 1. The smallest absolute Gasteiger partial charge is 0.211 e. The molecule has 0 saturated carbocycles. The van der Waals surface area contributed by atoms with E-state index >= 15 is 0 Å². The van der Waals surface area contributed by atoms with Gasteiger partial charge >= 0.3 is 0 Å². The lowest BCUT2D eigenvalue weighted by molar-refractivity contribution is 0.412. The molecule has 1 aromatic heterocycles. The van der Waals surface area contributed by atoms with Crippen molar-refractivity contribution in [2.24, 2.45) is 0 Å². The third-order valence-corrected chi connectivity index (χ3v) is 5.75. The lowest BCUT2D eigenvalue weighted by Gasteiger charge is -2.20. The van der Waals surface area contributed by atoms with E-state index in [-0.39, 0.29) is 25.4 Å². The Morgan fingerprint density at radius 1 is 1.18 bits per heavy atom. The van der Waals surface area contributed by atoms with Gasteiger partial charge in [-0.25, -0.2) is 21.6 Å². The molecule has 1 heterocycles. The van der Waals surface area contributed by atoms with Crippen molar-refractivity contribution < 1.29 is 16.8 Å². The molecule has 1 aromatic rings. The molecular weight excluding hydrogens is 326 g/mol. The van der Waals surface area contributed by atoms with Gasteiger partial charge in [-0.1, -0.05) is 13.3 Å². The standard InChI is InChI=1S/C13H23N3O4S2/c1-3-4-11-22(19,20)15-9-10-16(21(2,17)18)12-13-5-7-14-8-6-13/h5-8,15H,3-4,9-12H2,1-2H3. The predicted octanol–water partition coefficient (Wildman–Crippen LogP) is 0.563. The molecule has 0 saturated heterocycles. The molecular formula is C13H23N3O4S2. The van der Waals surface area contributed by atoms with E-state index in [0.29, 0.717) is 6.42 Å². The molecule has 9 heteroatoms. The maximum atomic E-state index is 11.8. The Morgan fingerprint density at radius 2 is 1.82 bits per heavy atom. The largest absolute Gasteiger partial charge is 0.265 e. The molecule has 0 spiro atoms. The van der Waals surface area contributed by atoms with E-state index in [2.05, 4.69) is 9.71 Å². The number of unbranched alkanes of at least 4 members (excludes halogenated alkanes) is 1. The second-order valence-electron chi connectivity index (χ2n) is 5.02. The first kappa shape index (κ1) is 19.0. The Kier molecular flexibility index (Phi) is 7.40. The maximum absolute atomic E-state index is 11.8. The summed E-state index contributed by atoms with van der Waals surface area (Å²) in [7, 11) is -6.76. The molecule has 126 valence electrons. The molecule has 0 aliphatic heterocycles. The van der Waals surface area contributed by atoms with Gasteiger partial charge in [0.25, 0.3) is 0 Å². The van der Waals surface area contributed by atoms with E-state index in [1.807, 2.05) is 6.92 Å². The van der Waals surface area contributed by atoms with E-state index in [1.165, 1.54) is 4.31 Å². The molecule has 0 fully saturated rings. The summed E-state index contributed by atoms with van der Waals surface area (Å²) in [6, 6.07) is 3.45. The fourth-order valence-electron chi connectivity index (χ4n) is 1.79. The summed E-state index contributed by atoms with van der Waals surface area (Å²) in [6.07, 6.45) is 5.66. The molecule has 0 aliphatic carbocycles. The first-order chi connectivity index (χ1) is 10.2. The van der Waals surface area contributed by atoms with Gasteiger partial charge in [0.05, 0.1) is 12.0 Å². The molecule has 0 aromatic carbocycles. The van der Waals surface area contributed by atoms with Gasteiger partial charge in [-0.2, -0.15) is 4.31 Å². The molecule has 0 unspecified atom stereocenters. The molecule has 0 amide bonds. The zero-order valence-electron chi connectivity index (χ0n) is 12.9. The van der Waals surface area contributed by atoms with Crippen molar-refractivity contribution in [3.05, 3.63) is 30.1 Å². The van der Waals surface area contributed by atoms with Crippen LogP contribution in [0.3, 0.4) is 0 Å². The first-order valence-corrected chi connectivity index (χ1v) is 10.6. The minimum absolute atomic E-state index is 0.0597. The monoisotopic (exact) mass is 349 g/mol. The van der Waals surface area contributed by atoms with Crippen LogP contribution in [0, 0.1) is 0 Å². The van der Waals surface area contributed by atoms with Gasteiger partial charge < -0.3 is 0 Å². The lowest BCUT2D eigenvalue weighted by atomic mass is 10.3. The maximum Gasteiger partial charge on any atom is 0.211 e. The Labute approximate surface area is 132 Å². The molecule has 0 atom stereocenters. The number of nitrogens with zero attached hydrogens (tertiary/aromatic N) is 2. The fraction of sp³-hybridized carbons (Fsp3) is 0.615. The summed E-state index contributed by atoms with van der Waals surface area (Å²) in [5.74, 6) is 0.0622. The number of pyridine rings is 1. The van der Waals surface area contributed by atoms with Crippen LogP contribution in [-0.4, -0.2) is 51.2 Å². The molecule has 1 N–H and O–H groups in total. The van der Waals surface area contributed by atoms with Gasteiger partial charge in [-0.15, -0.1) is 0 Å². The van der Waals surface area contributed by atoms with Crippen molar-refractivity contribution in [3.63, 3.8) is 0 Å². The molecule has 0 bridgehead atoms. The predicted molar refractivity (Wildman–Crippen MR) is 86.2 cm³/mol. The van der Waals surface area contributed by atoms with Crippen LogP contribution in [0.2, 0.25) is 0 Å². The zero-order chi connectivity index (χ0) is 16.6. The topological polar surface area (TPSA) is 96.4 Å². The number of aromatic nitrogens is 1. The second-order valence-corrected chi connectivity index (χ2v) is 8.93. The summed E-state index contributed by atoms with van der Waals surface area (Å²) in [5.41, 5.74) is 0.800. The van der Waals surface area contributed by atoms with Crippen molar-refractivity contribution in [2.75, 3.05) is 25.1 Å². The van der Waals surface area contributed by atoms with Gasteiger partial charge in [0.15, 0.2) is 0 Å². The average Bonchev–Trinajstić information content (AvgIpc) is 2.44. The number of nitrogens with one attached hydrogen (secondary N) is 1. The summed E-state index contributed by atoms with van der Waals surface area (Å²) >= 11 is 0. The number of hydrogen-bond acceptors (Lipinski definition) is 5. The first-order valence-electron chi connectivity index (χ1n) is 7.06. The van der Waals surface area contributed by atoms with Crippen molar-refractivity contribution in [3.8, 4) is 0 Å². The fourth-order valence-corrected chi connectivity index (χ4v) is 3.81. The summed E-state index contributed by atoms with van der Waals surface area (Å²) in [6.45, 7) is 2.25. The van der Waals surface area contributed by atoms with E-state index in [0.717, 1.165) is 18.2 Å². The van der Waals surface area contributed by atoms with Gasteiger partial charge in [0, 0.05) is 32.0 Å². The second kappa shape index (κ2) is 8.56. The van der Waals surface area contributed by atoms with Crippen LogP contribution in [0.15, 0.2) is 24.5 Å². The molecule has 7 nitrogen and oxygen atoms in total. The minimum atomic E-state index is -3.42. The third kappa shape index (κ3) is 7.30. The Balaban J connectivity index is 2.61. The Bertz CT molecular complexity index is 645. The minimum Gasteiger partial charge on any atom is -0.265 e. The van der Waals surface area contributed by atoms with Crippen LogP contribution in [-0.2, 0) is 26.6 Å². The van der Waals surface area contributed by atoms with E-state index in [4.69, 9.17) is 0 Å². The number of sulfonamides is 2. The SMILES string of the molecule is CCCCS(=O)(=O)NCCN(Cc1ccncc1)S(C)(=O)=O. The molecule has 0 radical (unpaired) electrons. The van der Waals surface area contributed by atoms with Crippen LogP contribution < -0.4 is 4.72 Å². The van der Waals surface area contributed by atoms with E-state index in [9.17, 15) is 16.8 Å². The molecule has 1 rings (SSSR count). The van der Waals surface area contributed by atoms with Crippen LogP contribution in [0.1, 0.15) is 25.3 Å². The van der Waals surface area contributed by atoms with Gasteiger partial charge in [-0.05, 0) is 24.1 Å². The Hall–Kier alpha value is -1.03. The van der Waals surface area contributed by atoms with Crippen LogP contribution in [0.25, 0.3) is 0 Å². The van der Waals surface area contributed by atoms with E-state index in [1.54, 1.807) is 24.5 Å². The summed E-state index contributed by atoms with van der Waals surface area (Å²) in [5, 5.41) is 0. The Morgan fingerprint density at radius 3 is 2.36 bits per heavy atom. The summed E-state index contributed by atoms with van der Waals surface area (Å²) < 4.78 is 50.7. The number of rotatable bonds is 10. The lowest BCUT2D eigenvalue weighted by Crippen LogP contribution is -2.38. The average molecular weight is 349 g/mol. The summed E-state index contributed by atoms with van der Waals surface area (Å²) in [4.78, 5) is 3.88. The van der Waals surface area contributed by atoms with Gasteiger partial charge in [0.1, 0.15) is 0 Å². The van der Waals surface area contributed by atoms with Crippen molar-refractivity contribution >= 4 is 20.0 Å². The molecule has 22 heavy (non-hydrogen) atoms. The van der Waals surface area contributed by atoms with Crippen LogP contribution in [0.5, 0.6) is 0 Å². The van der Waals surface area contributed by atoms with Crippen molar-refractivity contribution in [1.82, 2.24) is 14.0 Å². The van der Waals surface area contributed by atoms with Gasteiger partial charge in [-0.3, -0.25) is 4.98 Å². The quantitative estimate of drug-likeness (QED) is 0.666. The third-order valence-electron chi connectivity index (χ3n) is 3.03. The zero-order valence-corrected chi connectivity index (χ0v) is 14.5. The highest BCUT2D eigenvalue weighted by atomic mass is 32.2. The van der Waals surface area contributed by atoms with Crippen LogP contribution >= 0.6 is 0 Å². The highest BCUT2D eigenvalue weighted by molar-refractivity contribution is 7.89. The van der Waals surface area contributed by atoms with Crippen molar-refractivity contribution in [2.45, 2.75) is 26.3 Å². The van der Waals surface area contributed by atoms with E-state index < -0.39 is 20.0 Å². The highest BCUT2D eigenvalue weighted by Gasteiger charge is 2.18. The normalized spacial score (nSPS) is 12.7. The highest BCUT2D eigenvalue weighted by Crippen LogP contribution is 2.07. The van der Waals surface area contributed by atoms with Gasteiger partial charge in [0.2, 0.25) is 20.0 Å². The van der Waals surface area contributed by atoms with Crippen molar-refractivity contribution in [1.29, 1.82) is 0 Å². The molecule has 0 aliphatic rings.